The highest BCUT2D eigenvalue weighted by molar-refractivity contribution is 5.84. The van der Waals surface area contributed by atoms with E-state index in [4.69, 9.17) is 13.9 Å². The summed E-state index contributed by atoms with van der Waals surface area (Å²) in [5, 5.41) is 9.07. The first-order chi connectivity index (χ1) is 14.9. The minimum absolute atomic E-state index is 0.103. The molecule has 162 valence electrons. The van der Waals surface area contributed by atoms with Crippen LogP contribution in [0.2, 0.25) is 0 Å². The zero-order valence-corrected chi connectivity index (χ0v) is 17.4. The van der Waals surface area contributed by atoms with E-state index in [1.165, 1.54) is 0 Å². The number of nitrogens with one attached hydrogen (secondary N) is 3. The van der Waals surface area contributed by atoms with E-state index in [0.29, 0.717) is 36.8 Å². The summed E-state index contributed by atoms with van der Waals surface area (Å²) in [6.45, 7) is 5.15. The summed E-state index contributed by atoms with van der Waals surface area (Å²) < 4.78 is 16.3. The van der Waals surface area contributed by atoms with E-state index in [1.807, 2.05) is 26.0 Å². The summed E-state index contributed by atoms with van der Waals surface area (Å²) in [6, 6.07) is 8.42. The highest BCUT2D eigenvalue weighted by Crippen LogP contribution is 2.43. The topological polar surface area (TPSA) is 119 Å². The van der Waals surface area contributed by atoms with Gasteiger partial charge in [-0.2, -0.15) is 0 Å². The average Bonchev–Trinajstić information content (AvgIpc) is 3.18. The number of carbonyl (C=O) groups excluding carboxylic acids is 1. The number of para-hydroxylation sites is 1. The van der Waals surface area contributed by atoms with Crippen molar-refractivity contribution in [3.63, 3.8) is 0 Å². The number of carbonyl (C=O) groups is 1. The Hall–Kier alpha value is -3.59. The molecule has 2 heterocycles. The van der Waals surface area contributed by atoms with Gasteiger partial charge in [0.2, 0.25) is 0 Å². The second-order valence-electron chi connectivity index (χ2n) is 7.85. The van der Waals surface area contributed by atoms with Crippen LogP contribution in [-0.2, 0) is 9.53 Å². The number of rotatable bonds is 9. The predicted octanol–water partition coefficient (Wildman–Crippen LogP) is 2.69. The largest absolute Gasteiger partial charge is 0.464 e. The number of benzene rings is 1. The monoisotopic (exact) mass is 425 g/mol. The van der Waals surface area contributed by atoms with Crippen LogP contribution in [0.25, 0.3) is 0 Å². The summed E-state index contributed by atoms with van der Waals surface area (Å²) in [4.78, 5) is 35.8. The Morgan fingerprint density at radius 2 is 1.81 bits per heavy atom. The van der Waals surface area contributed by atoms with Crippen molar-refractivity contribution < 1.29 is 18.7 Å². The fourth-order valence-electron chi connectivity index (χ4n) is 3.72. The highest BCUT2D eigenvalue weighted by Gasteiger charge is 2.45. The first kappa shape index (κ1) is 20.7. The maximum absolute atomic E-state index is 12.4. The van der Waals surface area contributed by atoms with Gasteiger partial charge in [0, 0.05) is 12.5 Å². The quantitative estimate of drug-likeness (QED) is 0.351. The molecule has 31 heavy (non-hydrogen) atoms. The van der Waals surface area contributed by atoms with E-state index in [0.717, 1.165) is 5.76 Å². The average molecular weight is 425 g/mol. The Morgan fingerprint density at radius 1 is 1.10 bits per heavy atom. The minimum atomic E-state index is -0.654. The molecule has 0 aliphatic carbocycles. The van der Waals surface area contributed by atoms with Crippen molar-refractivity contribution in [1.29, 1.82) is 0 Å². The van der Waals surface area contributed by atoms with Gasteiger partial charge in [-0.15, -0.1) is 0 Å². The normalized spacial score (nSPS) is 15.7. The molecular formula is C22H23N3O6. The van der Waals surface area contributed by atoms with E-state index in [9.17, 15) is 14.4 Å². The summed E-state index contributed by atoms with van der Waals surface area (Å²) in [5.41, 5.74) is -0.401. The van der Waals surface area contributed by atoms with Crippen LogP contribution >= 0.6 is 0 Å². The lowest BCUT2D eigenvalue weighted by Crippen LogP contribution is -2.49. The second-order valence-corrected chi connectivity index (χ2v) is 7.85. The number of furan rings is 1. The molecule has 0 radical (unpaired) electrons. The summed E-state index contributed by atoms with van der Waals surface area (Å²) >= 11 is 0. The van der Waals surface area contributed by atoms with Crippen LogP contribution in [0.3, 0.4) is 0 Å². The molecule has 0 amide bonds. The third-order valence-electron chi connectivity index (χ3n) is 5.52. The molecule has 4 rings (SSSR count). The maximum Gasteiger partial charge on any atom is 0.298 e. The van der Waals surface area contributed by atoms with Crippen LogP contribution in [0.15, 0.2) is 44.3 Å². The molecule has 1 atom stereocenters. The first-order valence-electron chi connectivity index (χ1n) is 9.80. The lowest BCUT2D eigenvalue weighted by Gasteiger charge is -2.44. The summed E-state index contributed by atoms with van der Waals surface area (Å²) in [5.74, 6) is 1.62. The lowest BCUT2D eigenvalue weighted by molar-refractivity contribution is -0.120. The molecule has 0 spiro atoms. The highest BCUT2D eigenvalue weighted by atomic mass is 16.5. The van der Waals surface area contributed by atoms with Crippen molar-refractivity contribution in [1.82, 2.24) is 0 Å². The molecule has 9 nitrogen and oxygen atoms in total. The van der Waals surface area contributed by atoms with Crippen LogP contribution in [0.4, 0.5) is 22.7 Å². The molecule has 1 aliphatic rings. The Bertz CT molecular complexity index is 1190. The third kappa shape index (κ3) is 3.57. The number of ether oxygens (including phenoxy) is 2. The van der Waals surface area contributed by atoms with Gasteiger partial charge in [-0.3, -0.25) is 14.4 Å². The molecule has 1 aromatic heterocycles. The third-order valence-corrected chi connectivity index (χ3v) is 5.52. The molecular weight excluding hydrogens is 402 g/mol. The SMILES string of the molecule is CNc1cccc(Nc2c(NC(c3ccc(C)o3)C3(C)COC3)c(=O)c2=O)c1OC=O. The fourth-order valence-corrected chi connectivity index (χ4v) is 3.72. The van der Waals surface area contributed by atoms with Gasteiger partial charge in [0.05, 0.1) is 30.6 Å². The first-order valence-corrected chi connectivity index (χ1v) is 9.80. The summed E-state index contributed by atoms with van der Waals surface area (Å²) in [7, 11) is 1.68. The standard InChI is InChI=1S/C22H23N3O6/c1-12-7-8-15(31-12)21(22(2)9-29-10-22)25-17-16(18(27)19(17)28)24-14-6-4-5-13(23-3)20(14)30-11-26/h4-8,11,21,23-25H,9-10H2,1-3H3. The molecule has 9 heteroatoms. The Balaban J connectivity index is 1.68. The smallest absolute Gasteiger partial charge is 0.298 e. The number of anilines is 4. The molecule has 1 aliphatic heterocycles. The zero-order valence-electron chi connectivity index (χ0n) is 17.4. The van der Waals surface area contributed by atoms with Gasteiger partial charge < -0.3 is 29.8 Å². The second kappa shape index (κ2) is 7.92. The van der Waals surface area contributed by atoms with Crippen molar-refractivity contribution in [2.45, 2.75) is 19.9 Å². The van der Waals surface area contributed by atoms with Gasteiger partial charge in [0.15, 0.2) is 5.75 Å². The maximum atomic E-state index is 12.4. The molecule has 1 fully saturated rings. The Morgan fingerprint density at radius 3 is 2.39 bits per heavy atom. The van der Waals surface area contributed by atoms with Crippen molar-refractivity contribution in [2.24, 2.45) is 5.41 Å². The van der Waals surface area contributed by atoms with E-state index in [2.05, 4.69) is 16.0 Å². The van der Waals surface area contributed by atoms with Gasteiger partial charge in [0.25, 0.3) is 17.3 Å². The Kier molecular flexibility index (Phi) is 5.28. The van der Waals surface area contributed by atoms with Gasteiger partial charge in [-0.05, 0) is 31.2 Å². The zero-order chi connectivity index (χ0) is 22.2. The molecule has 1 saturated heterocycles. The number of aryl methyl sites for hydroxylation is 1. The van der Waals surface area contributed by atoms with E-state index < -0.39 is 10.9 Å². The van der Waals surface area contributed by atoms with Crippen LogP contribution in [0, 0.1) is 12.3 Å². The lowest BCUT2D eigenvalue weighted by atomic mass is 9.79. The van der Waals surface area contributed by atoms with E-state index in [1.54, 1.807) is 25.2 Å². The summed E-state index contributed by atoms with van der Waals surface area (Å²) in [6.07, 6.45) is 0. The predicted molar refractivity (Wildman–Crippen MR) is 116 cm³/mol. The molecule has 0 saturated carbocycles. The van der Waals surface area contributed by atoms with Gasteiger partial charge in [-0.1, -0.05) is 13.0 Å². The molecule has 3 aromatic rings. The van der Waals surface area contributed by atoms with Crippen LogP contribution in [-0.4, -0.2) is 26.7 Å². The van der Waals surface area contributed by atoms with E-state index in [-0.39, 0.29) is 28.6 Å². The van der Waals surface area contributed by atoms with Crippen LogP contribution in [0.1, 0.15) is 24.5 Å². The van der Waals surface area contributed by atoms with Crippen molar-refractivity contribution in [3.8, 4) is 5.75 Å². The van der Waals surface area contributed by atoms with Crippen LogP contribution in [0.5, 0.6) is 5.75 Å². The number of hydrogen-bond acceptors (Lipinski definition) is 9. The van der Waals surface area contributed by atoms with Gasteiger partial charge >= 0.3 is 0 Å². The van der Waals surface area contributed by atoms with Gasteiger partial charge in [0.1, 0.15) is 22.9 Å². The fraction of sp³-hybridized carbons (Fsp3) is 0.318. The molecule has 1 unspecified atom stereocenters. The van der Waals surface area contributed by atoms with Crippen molar-refractivity contribution >= 4 is 29.2 Å². The van der Waals surface area contributed by atoms with Gasteiger partial charge in [-0.25, -0.2) is 0 Å². The van der Waals surface area contributed by atoms with Crippen LogP contribution < -0.4 is 31.5 Å². The molecule has 3 N–H and O–H groups in total. The number of hydrogen-bond donors (Lipinski definition) is 3. The van der Waals surface area contributed by atoms with E-state index >= 15 is 0 Å². The van der Waals surface area contributed by atoms with Crippen molar-refractivity contribution in [2.75, 3.05) is 36.2 Å². The Labute approximate surface area is 178 Å². The van der Waals surface area contributed by atoms with Crippen molar-refractivity contribution in [3.05, 3.63) is 62.3 Å². The minimum Gasteiger partial charge on any atom is -0.464 e. The molecule has 0 bridgehead atoms. The molecule has 2 aromatic carbocycles.